The number of hydrogen-bond acceptors (Lipinski definition) is 1. The molecule has 0 amide bonds. The molecule has 0 aliphatic heterocycles. The Morgan fingerprint density at radius 1 is 1.29 bits per heavy atom. The summed E-state index contributed by atoms with van der Waals surface area (Å²) in [6.07, 6.45) is 4.20. The fourth-order valence-corrected chi connectivity index (χ4v) is 2.36. The van der Waals surface area contributed by atoms with Crippen molar-refractivity contribution in [3.05, 3.63) is 45.5 Å². The fourth-order valence-electron chi connectivity index (χ4n) is 2.36. The number of pyridine rings is 1. The Hall–Kier alpha value is -1.64. The molecule has 3 rings (SSSR count). The first kappa shape index (κ1) is 10.5. The zero-order chi connectivity index (χ0) is 12.2. The van der Waals surface area contributed by atoms with Crippen LogP contribution >= 0.6 is 0 Å². The largest absolute Gasteiger partial charge is 0.344 e. The average Bonchev–Trinajstić information content (AvgIpc) is 3.11. The van der Waals surface area contributed by atoms with Gasteiger partial charge in [0.05, 0.1) is 10.9 Å². The number of fused-ring (bicyclic) bond motifs is 1. The van der Waals surface area contributed by atoms with Crippen molar-refractivity contribution in [2.75, 3.05) is 0 Å². The monoisotopic (exact) mass is 231 g/mol. The molecule has 17 heavy (non-hydrogen) atoms. The molecule has 1 aliphatic carbocycles. The Labute approximate surface area is 98.7 Å². The van der Waals surface area contributed by atoms with Crippen LogP contribution in [0.25, 0.3) is 10.9 Å². The van der Waals surface area contributed by atoms with E-state index in [4.69, 9.17) is 0 Å². The second-order valence-corrected chi connectivity index (χ2v) is 4.85. The fraction of sp³-hybridized carbons (Fsp3) is 0.357. The van der Waals surface area contributed by atoms with Crippen LogP contribution in [0.2, 0.25) is 0 Å². The maximum Gasteiger partial charge on any atom is 0.192 e. The summed E-state index contributed by atoms with van der Waals surface area (Å²) in [7, 11) is 0. The molecule has 0 bridgehead atoms. The Morgan fingerprint density at radius 3 is 2.65 bits per heavy atom. The van der Waals surface area contributed by atoms with E-state index >= 15 is 0 Å². The number of rotatable bonds is 1. The summed E-state index contributed by atoms with van der Waals surface area (Å²) in [6, 6.07) is 3.66. The van der Waals surface area contributed by atoms with Crippen LogP contribution in [-0.2, 0) is 0 Å². The molecule has 88 valence electrons. The highest BCUT2D eigenvalue weighted by atomic mass is 19.1. The van der Waals surface area contributed by atoms with Gasteiger partial charge in [0, 0.05) is 17.8 Å². The lowest BCUT2D eigenvalue weighted by molar-refractivity contribution is 0.620. The van der Waals surface area contributed by atoms with Crippen LogP contribution < -0.4 is 5.43 Å². The van der Waals surface area contributed by atoms with E-state index in [0.717, 1.165) is 18.4 Å². The first-order valence-electron chi connectivity index (χ1n) is 5.90. The summed E-state index contributed by atoms with van der Waals surface area (Å²) in [5, 5.41) is 0.539. The Balaban J connectivity index is 2.50. The number of aryl methyl sites for hydroxylation is 2. The lowest BCUT2D eigenvalue weighted by Crippen LogP contribution is -2.13. The molecule has 0 N–H and O–H groups in total. The molecule has 1 aromatic carbocycles. The van der Waals surface area contributed by atoms with Gasteiger partial charge >= 0.3 is 0 Å². The molecular weight excluding hydrogens is 217 g/mol. The second kappa shape index (κ2) is 3.42. The van der Waals surface area contributed by atoms with Crippen molar-refractivity contribution < 1.29 is 4.39 Å². The minimum Gasteiger partial charge on any atom is -0.344 e. The number of nitrogens with zero attached hydrogens (tertiary/aromatic N) is 1. The summed E-state index contributed by atoms with van der Waals surface area (Å²) < 4.78 is 15.7. The van der Waals surface area contributed by atoms with Crippen molar-refractivity contribution >= 4 is 10.9 Å². The highest BCUT2D eigenvalue weighted by Crippen LogP contribution is 2.37. The van der Waals surface area contributed by atoms with Crippen LogP contribution in [0.5, 0.6) is 0 Å². The Bertz CT molecular complexity index is 668. The molecule has 2 aromatic rings. The van der Waals surface area contributed by atoms with Gasteiger partial charge in [-0.15, -0.1) is 0 Å². The van der Waals surface area contributed by atoms with Gasteiger partial charge < -0.3 is 4.57 Å². The maximum absolute atomic E-state index is 13.6. The number of hydrogen-bond donors (Lipinski definition) is 0. The summed E-state index contributed by atoms with van der Waals surface area (Å²) in [5.74, 6) is -0.303. The van der Waals surface area contributed by atoms with E-state index in [2.05, 4.69) is 4.57 Å². The van der Waals surface area contributed by atoms with E-state index in [-0.39, 0.29) is 11.2 Å². The van der Waals surface area contributed by atoms with Crippen molar-refractivity contribution in [1.82, 2.24) is 4.57 Å². The molecule has 1 aromatic heterocycles. The van der Waals surface area contributed by atoms with Crippen LogP contribution in [0.15, 0.2) is 23.1 Å². The molecule has 0 unspecified atom stereocenters. The topological polar surface area (TPSA) is 22.0 Å². The van der Waals surface area contributed by atoms with Crippen molar-refractivity contribution in [1.29, 1.82) is 0 Å². The van der Waals surface area contributed by atoms with Gasteiger partial charge in [0.25, 0.3) is 0 Å². The summed E-state index contributed by atoms with van der Waals surface area (Å²) in [6.45, 7) is 3.47. The summed E-state index contributed by atoms with van der Waals surface area (Å²) in [5.41, 5.74) is 1.97. The van der Waals surface area contributed by atoms with Crippen LogP contribution in [0.3, 0.4) is 0 Å². The molecule has 3 heteroatoms. The minimum absolute atomic E-state index is 0.0473. The summed E-state index contributed by atoms with van der Waals surface area (Å²) >= 11 is 0. The quantitative estimate of drug-likeness (QED) is 0.739. The van der Waals surface area contributed by atoms with Gasteiger partial charge in [-0.3, -0.25) is 4.79 Å². The van der Waals surface area contributed by atoms with E-state index in [9.17, 15) is 9.18 Å². The molecule has 2 nitrogen and oxygen atoms in total. The third-order valence-electron chi connectivity index (χ3n) is 3.51. The molecule has 0 saturated heterocycles. The standard InChI is InChI=1S/C14H14FNO/c1-8-7-16(10-3-4-10)12-6-5-11(15)9(2)13(12)14(8)17/h5-7,10H,3-4H2,1-2H3. The maximum atomic E-state index is 13.6. The Kier molecular flexibility index (Phi) is 2.12. The van der Waals surface area contributed by atoms with Gasteiger partial charge in [-0.1, -0.05) is 0 Å². The van der Waals surface area contributed by atoms with Gasteiger partial charge in [0.1, 0.15) is 5.82 Å². The predicted molar refractivity (Wildman–Crippen MR) is 65.9 cm³/mol. The second-order valence-electron chi connectivity index (χ2n) is 4.85. The first-order chi connectivity index (χ1) is 8.09. The van der Waals surface area contributed by atoms with Gasteiger partial charge in [0.2, 0.25) is 0 Å². The zero-order valence-corrected chi connectivity index (χ0v) is 9.96. The van der Waals surface area contributed by atoms with Gasteiger partial charge in [-0.25, -0.2) is 4.39 Å². The molecule has 0 radical (unpaired) electrons. The van der Waals surface area contributed by atoms with Crippen LogP contribution in [-0.4, -0.2) is 4.57 Å². The molecule has 1 fully saturated rings. The van der Waals surface area contributed by atoms with E-state index < -0.39 is 0 Å². The highest BCUT2D eigenvalue weighted by Gasteiger charge is 2.25. The van der Waals surface area contributed by atoms with Gasteiger partial charge in [0.15, 0.2) is 5.43 Å². The van der Waals surface area contributed by atoms with Crippen LogP contribution in [0, 0.1) is 19.7 Å². The normalized spacial score (nSPS) is 15.5. The molecule has 0 spiro atoms. The van der Waals surface area contributed by atoms with Crippen LogP contribution in [0.4, 0.5) is 4.39 Å². The van der Waals surface area contributed by atoms with Gasteiger partial charge in [-0.05, 0) is 44.4 Å². The number of benzene rings is 1. The summed E-state index contributed by atoms with van der Waals surface area (Å²) in [4.78, 5) is 12.1. The van der Waals surface area contributed by atoms with E-state index in [1.54, 1.807) is 19.9 Å². The SMILES string of the molecule is Cc1cn(C2CC2)c2ccc(F)c(C)c2c1=O. The van der Waals surface area contributed by atoms with Crippen molar-refractivity contribution in [2.24, 2.45) is 0 Å². The third-order valence-corrected chi connectivity index (χ3v) is 3.51. The number of halogens is 1. The molecule has 1 heterocycles. The van der Waals surface area contributed by atoms with Gasteiger partial charge in [-0.2, -0.15) is 0 Å². The van der Waals surface area contributed by atoms with E-state index in [1.807, 2.05) is 6.20 Å². The highest BCUT2D eigenvalue weighted by molar-refractivity contribution is 5.83. The Morgan fingerprint density at radius 2 is 2.00 bits per heavy atom. The third kappa shape index (κ3) is 1.49. The lowest BCUT2D eigenvalue weighted by Gasteiger charge is -2.13. The average molecular weight is 231 g/mol. The molecule has 0 atom stereocenters. The minimum atomic E-state index is -0.303. The number of aromatic nitrogens is 1. The predicted octanol–water partition coefficient (Wildman–Crippen LogP) is 3.09. The lowest BCUT2D eigenvalue weighted by atomic mass is 10.1. The van der Waals surface area contributed by atoms with Crippen molar-refractivity contribution in [3.8, 4) is 0 Å². The smallest absolute Gasteiger partial charge is 0.192 e. The molecule has 1 aliphatic rings. The van der Waals surface area contributed by atoms with Crippen LogP contribution in [0.1, 0.15) is 30.0 Å². The van der Waals surface area contributed by atoms with E-state index in [1.165, 1.54) is 6.07 Å². The van der Waals surface area contributed by atoms with E-state index in [0.29, 0.717) is 22.6 Å². The first-order valence-corrected chi connectivity index (χ1v) is 5.90. The van der Waals surface area contributed by atoms with Crippen molar-refractivity contribution in [3.63, 3.8) is 0 Å². The molecule has 1 saturated carbocycles. The zero-order valence-electron chi connectivity index (χ0n) is 9.96. The molecular formula is C14H14FNO. The van der Waals surface area contributed by atoms with Crippen molar-refractivity contribution in [2.45, 2.75) is 32.7 Å².